The Morgan fingerprint density at radius 1 is 1.32 bits per heavy atom. The maximum Gasteiger partial charge on any atom is 0.266 e. The standard InChI is InChI=1S/C17H21N3O2/c18-13-16(17(21)20-9-11-22-12-10-20)14-19-8-4-7-15-5-2-1-3-6-15/h1-3,5-6,14,19H,4,7-12H2/b16-14-. The number of amides is 1. The predicted octanol–water partition coefficient (Wildman–Crippen LogP) is 1.48. The topological polar surface area (TPSA) is 65.4 Å². The maximum absolute atomic E-state index is 12.2. The molecule has 1 aromatic rings. The second-order valence-corrected chi connectivity index (χ2v) is 5.12. The smallest absolute Gasteiger partial charge is 0.266 e. The summed E-state index contributed by atoms with van der Waals surface area (Å²) in [5.74, 6) is -0.221. The van der Waals surface area contributed by atoms with Crippen molar-refractivity contribution in [1.29, 1.82) is 5.26 Å². The Morgan fingerprint density at radius 2 is 2.05 bits per heavy atom. The molecule has 116 valence electrons. The van der Waals surface area contributed by atoms with Gasteiger partial charge in [0, 0.05) is 25.8 Å². The van der Waals surface area contributed by atoms with E-state index in [2.05, 4.69) is 17.4 Å². The van der Waals surface area contributed by atoms with E-state index in [4.69, 9.17) is 10.00 Å². The van der Waals surface area contributed by atoms with Gasteiger partial charge in [0.25, 0.3) is 5.91 Å². The zero-order valence-electron chi connectivity index (χ0n) is 12.6. The number of nitrogens with zero attached hydrogens (tertiary/aromatic N) is 2. The number of nitrogens with one attached hydrogen (secondary N) is 1. The van der Waals surface area contributed by atoms with Gasteiger partial charge in [-0.3, -0.25) is 4.79 Å². The Hall–Kier alpha value is -2.32. The molecule has 0 radical (unpaired) electrons. The van der Waals surface area contributed by atoms with Crippen LogP contribution < -0.4 is 5.32 Å². The van der Waals surface area contributed by atoms with Crippen molar-refractivity contribution in [2.24, 2.45) is 0 Å². The van der Waals surface area contributed by atoms with Crippen molar-refractivity contribution in [3.05, 3.63) is 47.7 Å². The van der Waals surface area contributed by atoms with E-state index < -0.39 is 0 Å². The van der Waals surface area contributed by atoms with Gasteiger partial charge in [0.05, 0.1) is 13.2 Å². The van der Waals surface area contributed by atoms with Gasteiger partial charge in [-0.15, -0.1) is 0 Å². The molecule has 1 aliphatic rings. The Kier molecular flexibility index (Phi) is 6.46. The van der Waals surface area contributed by atoms with E-state index in [1.54, 1.807) is 4.90 Å². The van der Waals surface area contributed by atoms with Crippen LogP contribution in [0.5, 0.6) is 0 Å². The first kappa shape index (κ1) is 16.1. The number of nitriles is 1. The molecule has 2 rings (SSSR count). The zero-order chi connectivity index (χ0) is 15.6. The van der Waals surface area contributed by atoms with Crippen LogP contribution in [0.2, 0.25) is 0 Å². The summed E-state index contributed by atoms with van der Waals surface area (Å²) in [6.07, 6.45) is 3.45. The molecule has 0 saturated carbocycles. The molecule has 1 amide bonds. The molecule has 0 atom stereocenters. The summed E-state index contributed by atoms with van der Waals surface area (Å²) in [7, 11) is 0. The number of benzene rings is 1. The molecule has 0 aliphatic carbocycles. The van der Waals surface area contributed by atoms with Crippen LogP contribution in [0.1, 0.15) is 12.0 Å². The summed E-state index contributed by atoms with van der Waals surface area (Å²) in [5.41, 5.74) is 1.44. The summed E-state index contributed by atoms with van der Waals surface area (Å²) in [5, 5.41) is 12.2. The Bertz CT molecular complexity index is 543. The van der Waals surface area contributed by atoms with E-state index in [9.17, 15) is 4.79 Å². The molecule has 0 aromatic heterocycles. The van der Waals surface area contributed by atoms with Crippen LogP contribution >= 0.6 is 0 Å². The molecule has 0 bridgehead atoms. The second-order valence-electron chi connectivity index (χ2n) is 5.12. The third kappa shape index (κ3) is 4.90. The predicted molar refractivity (Wildman–Crippen MR) is 83.9 cm³/mol. The lowest BCUT2D eigenvalue weighted by molar-refractivity contribution is -0.130. The molecule has 22 heavy (non-hydrogen) atoms. The number of aryl methyl sites for hydroxylation is 1. The highest BCUT2D eigenvalue weighted by Gasteiger charge is 2.20. The Morgan fingerprint density at radius 3 is 2.73 bits per heavy atom. The molecule has 5 nitrogen and oxygen atoms in total. The van der Waals surface area contributed by atoms with E-state index >= 15 is 0 Å². The van der Waals surface area contributed by atoms with Crippen LogP contribution in [0.15, 0.2) is 42.1 Å². The number of hydrogen-bond donors (Lipinski definition) is 1. The summed E-state index contributed by atoms with van der Waals surface area (Å²) in [6.45, 7) is 2.90. The van der Waals surface area contributed by atoms with Gasteiger partial charge in [0.1, 0.15) is 11.6 Å². The van der Waals surface area contributed by atoms with Crippen molar-refractivity contribution in [3.63, 3.8) is 0 Å². The Labute approximate surface area is 131 Å². The fourth-order valence-corrected chi connectivity index (χ4v) is 2.29. The molecular weight excluding hydrogens is 278 g/mol. The van der Waals surface area contributed by atoms with Gasteiger partial charge in [-0.2, -0.15) is 5.26 Å². The van der Waals surface area contributed by atoms with Crippen molar-refractivity contribution < 1.29 is 9.53 Å². The molecule has 1 aliphatic heterocycles. The Balaban J connectivity index is 1.75. The lowest BCUT2D eigenvalue weighted by Gasteiger charge is -2.26. The van der Waals surface area contributed by atoms with Crippen molar-refractivity contribution in [2.75, 3.05) is 32.8 Å². The summed E-state index contributed by atoms with van der Waals surface area (Å²) in [4.78, 5) is 13.8. The minimum atomic E-state index is -0.221. The molecule has 1 N–H and O–H groups in total. The highest BCUT2D eigenvalue weighted by atomic mass is 16.5. The quantitative estimate of drug-likeness (QED) is 0.491. The van der Waals surface area contributed by atoms with Crippen molar-refractivity contribution >= 4 is 5.91 Å². The molecule has 1 saturated heterocycles. The van der Waals surface area contributed by atoms with Crippen LogP contribution in [0, 0.1) is 11.3 Å². The van der Waals surface area contributed by atoms with Crippen LogP contribution in [-0.2, 0) is 16.0 Å². The maximum atomic E-state index is 12.2. The number of carbonyl (C=O) groups is 1. The average Bonchev–Trinajstić information content (AvgIpc) is 2.59. The average molecular weight is 299 g/mol. The highest BCUT2D eigenvalue weighted by Crippen LogP contribution is 2.04. The van der Waals surface area contributed by atoms with Gasteiger partial charge in [-0.1, -0.05) is 30.3 Å². The lowest BCUT2D eigenvalue weighted by Crippen LogP contribution is -2.41. The molecule has 1 fully saturated rings. The third-order valence-electron chi connectivity index (χ3n) is 3.52. The van der Waals surface area contributed by atoms with Gasteiger partial charge in [0.15, 0.2) is 0 Å². The van der Waals surface area contributed by atoms with Crippen molar-refractivity contribution in [3.8, 4) is 6.07 Å². The summed E-state index contributed by atoms with van der Waals surface area (Å²) in [6, 6.07) is 12.2. The van der Waals surface area contributed by atoms with E-state index in [0.717, 1.165) is 19.4 Å². The number of ether oxygens (including phenoxy) is 1. The fraction of sp³-hybridized carbons (Fsp3) is 0.412. The van der Waals surface area contributed by atoms with E-state index in [-0.39, 0.29) is 11.5 Å². The molecule has 1 aromatic carbocycles. The zero-order valence-corrected chi connectivity index (χ0v) is 12.6. The largest absolute Gasteiger partial charge is 0.390 e. The summed E-state index contributed by atoms with van der Waals surface area (Å²) < 4.78 is 5.21. The molecule has 0 spiro atoms. The van der Waals surface area contributed by atoms with Gasteiger partial charge in [-0.25, -0.2) is 0 Å². The molecule has 5 heteroatoms. The summed E-state index contributed by atoms with van der Waals surface area (Å²) >= 11 is 0. The second kappa shape index (κ2) is 8.85. The lowest BCUT2D eigenvalue weighted by atomic mass is 10.1. The third-order valence-corrected chi connectivity index (χ3v) is 3.52. The fourth-order valence-electron chi connectivity index (χ4n) is 2.29. The monoisotopic (exact) mass is 299 g/mol. The number of carbonyl (C=O) groups excluding carboxylic acids is 1. The number of morpholine rings is 1. The molecular formula is C17H21N3O2. The van der Waals surface area contributed by atoms with Crippen LogP contribution in [0.25, 0.3) is 0 Å². The van der Waals surface area contributed by atoms with Crippen LogP contribution in [0.4, 0.5) is 0 Å². The van der Waals surface area contributed by atoms with Crippen molar-refractivity contribution in [2.45, 2.75) is 12.8 Å². The van der Waals surface area contributed by atoms with Gasteiger partial charge >= 0.3 is 0 Å². The first-order valence-corrected chi connectivity index (χ1v) is 7.56. The van der Waals surface area contributed by atoms with Gasteiger partial charge in [-0.05, 0) is 18.4 Å². The minimum absolute atomic E-state index is 0.154. The molecule has 1 heterocycles. The number of hydrogen-bond acceptors (Lipinski definition) is 4. The number of rotatable bonds is 6. The van der Waals surface area contributed by atoms with E-state index in [1.807, 2.05) is 24.3 Å². The van der Waals surface area contributed by atoms with E-state index in [1.165, 1.54) is 11.8 Å². The SMILES string of the molecule is N#C/C(=C/NCCCc1ccccc1)C(=O)N1CCOCC1. The van der Waals surface area contributed by atoms with Crippen LogP contribution in [-0.4, -0.2) is 43.7 Å². The first-order valence-electron chi connectivity index (χ1n) is 7.56. The van der Waals surface area contributed by atoms with Crippen LogP contribution in [0.3, 0.4) is 0 Å². The van der Waals surface area contributed by atoms with Gasteiger partial charge in [0.2, 0.25) is 0 Å². The van der Waals surface area contributed by atoms with Gasteiger partial charge < -0.3 is 15.0 Å². The van der Waals surface area contributed by atoms with Crippen molar-refractivity contribution in [1.82, 2.24) is 10.2 Å². The molecule has 0 unspecified atom stereocenters. The first-order chi connectivity index (χ1) is 10.8. The van der Waals surface area contributed by atoms with E-state index in [0.29, 0.717) is 26.3 Å². The minimum Gasteiger partial charge on any atom is -0.390 e. The highest BCUT2D eigenvalue weighted by molar-refractivity contribution is 5.97. The normalized spacial score (nSPS) is 15.2.